The summed E-state index contributed by atoms with van der Waals surface area (Å²) in [6.45, 7) is 4.50. The zero-order valence-corrected chi connectivity index (χ0v) is 11.2. The van der Waals surface area contributed by atoms with Crippen molar-refractivity contribution in [2.24, 2.45) is 0 Å². The Labute approximate surface area is 113 Å². The number of carboxylic acid groups (broad SMARTS) is 1. The van der Waals surface area contributed by atoms with Crippen LogP contribution in [-0.2, 0) is 20.9 Å². The number of rotatable bonds is 9. The molecule has 0 saturated heterocycles. The lowest BCUT2D eigenvalue weighted by atomic mass is 10.1. The van der Waals surface area contributed by atoms with Crippen molar-refractivity contribution in [1.82, 2.24) is 0 Å². The van der Waals surface area contributed by atoms with E-state index in [-0.39, 0.29) is 0 Å². The van der Waals surface area contributed by atoms with Crippen molar-refractivity contribution in [2.45, 2.75) is 20.0 Å². The summed E-state index contributed by atoms with van der Waals surface area (Å²) < 4.78 is 10.8. The van der Waals surface area contributed by atoms with Crippen LogP contribution in [0.25, 0.3) is 6.08 Å². The van der Waals surface area contributed by atoms with Crippen LogP contribution in [0.1, 0.15) is 24.5 Å². The molecule has 0 radical (unpaired) electrons. The molecule has 0 spiro atoms. The zero-order chi connectivity index (χ0) is 13.9. The molecule has 19 heavy (non-hydrogen) atoms. The maximum atomic E-state index is 10.4. The van der Waals surface area contributed by atoms with Gasteiger partial charge in [-0.05, 0) is 29.7 Å². The van der Waals surface area contributed by atoms with E-state index in [9.17, 15) is 4.79 Å². The van der Waals surface area contributed by atoms with Gasteiger partial charge in [0.2, 0.25) is 0 Å². The van der Waals surface area contributed by atoms with E-state index in [0.717, 1.165) is 30.2 Å². The second-order valence-electron chi connectivity index (χ2n) is 4.08. The Morgan fingerprint density at radius 2 is 2.05 bits per heavy atom. The van der Waals surface area contributed by atoms with E-state index in [1.807, 2.05) is 24.3 Å². The third kappa shape index (κ3) is 7.39. The van der Waals surface area contributed by atoms with Crippen molar-refractivity contribution < 1.29 is 19.4 Å². The third-order valence-corrected chi connectivity index (χ3v) is 2.36. The highest BCUT2D eigenvalue weighted by atomic mass is 16.5. The number of carboxylic acids is 1. The highest BCUT2D eigenvalue weighted by Gasteiger charge is 1.96. The zero-order valence-electron chi connectivity index (χ0n) is 11.2. The van der Waals surface area contributed by atoms with Gasteiger partial charge < -0.3 is 14.6 Å². The van der Waals surface area contributed by atoms with Crippen LogP contribution in [0.3, 0.4) is 0 Å². The fourth-order valence-electron chi connectivity index (χ4n) is 1.51. The average Bonchev–Trinajstić information content (AvgIpc) is 2.41. The summed E-state index contributed by atoms with van der Waals surface area (Å²) in [4.78, 5) is 10.4. The first kappa shape index (κ1) is 15.4. The van der Waals surface area contributed by atoms with Crippen molar-refractivity contribution in [3.8, 4) is 0 Å². The third-order valence-electron chi connectivity index (χ3n) is 2.36. The van der Waals surface area contributed by atoms with Gasteiger partial charge in [-0.1, -0.05) is 25.1 Å². The Hall–Kier alpha value is -1.65. The molecule has 0 fully saturated rings. The van der Waals surface area contributed by atoms with Crippen LogP contribution in [-0.4, -0.2) is 30.9 Å². The molecule has 0 aromatic heterocycles. The molecule has 0 aliphatic carbocycles. The maximum absolute atomic E-state index is 10.4. The molecular weight excluding hydrogens is 244 g/mol. The quantitative estimate of drug-likeness (QED) is 0.550. The summed E-state index contributed by atoms with van der Waals surface area (Å²) in [5.41, 5.74) is 1.87. The van der Waals surface area contributed by atoms with Crippen molar-refractivity contribution in [2.75, 3.05) is 19.8 Å². The first-order valence-electron chi connectivity index (χ1n) is 6.38. The minimum absolute atomic E-state index is 0.504. The molecule has 1 aromatic rings. The van der Waals surface area contributed by atoms with Crippen molar-refractivity contribution in [3.05, 3.63) is 41.5 Å². The van der Waals surface area contributed by atoms with Crippen molar-refractivity contribution in [1.29, 1.82) is 0 Å². The van der Waals surface area contributed by atoms with Crippen LogP contribution in [0.4, 0.5) is 0 Å². The molecule has 0 aliphatic heterocycles. The number of carbonyl (C=O) groups is 1. The van der Waals surface area contributed by atoms with E-state index in [1.54, 1.807) is 6.08 Å². The fourth-order valence-corrected chi connectivity index (χ4v) is 1.51. The molecule has 104 valence electrons. The van der Waals surface area contributed by atoms with Gasteiger partial charge in [0.05, 0.1) is 19.8 Å². The lowest BCUT2D eigenvalue weighted by molar-refractivity contribution is -0.131. The molecular formula is C15H20O4. The van der Waals surface area contributed by atoms with E-state index >= 15 is 0 Å². The summed E-state index contributed by atoms with van der Waals surface area (Å²) in [5.74, 6) is -0.949. The molecule has 1 N–H and O–H groups in total. The van der Waals surface area contributed by atoms with Crippen LogP contribution >= 0.6 is 0 Å². The van der Waals surface area contributed by atoms with Gasteiger partial charge in [-0.15, -0.1) is 0 Å². The van der Waals surface area contributed by atoms with Crippen molar-refractivity contribution in [3.63, 3.8) is 0 Å². The fraction of sp³-hybridized carbons (Fsp3) is 0.400. The Balaban J connectivity index is 2.34. The lowest BCUT2D eigenvalue weighted by Crippen LogP contribution is -2.04. The molecule has 0 aliphatic rings. The van der Waals surface area contributed by atoms with Gasteiger partial charge in [0.15, 0.2) is 0 Å². The van der Waals surface area contributed by atoms with Gasteiger partial charge in [0.1, 0.15) is 0 Å². The van der Waals surface area contributed by atoms with Crippen LogP contribution in [0.2, 0.25) is 0 Å². The number of aliphatic carboxylic acids is 1. The summed E-state index contributed by atoms with van der Waals surface area (Å²) >= 11 is 0. The molecule has 1 aromatic carbocycles. The second kappa shape index (κ2) is 9.30. The molecule has 0 amide bonds. The Bertz CT molecular complexity index is 412. The lowest BCUT2D eigenvalue weighted by Gasteiger charge is -2.05. The molecule has 4 heteroatoms. The Morgan fingerprint density at radius 1 is 1.26 bits per heavy atom. The highest BCUT2D eigenvalue weighted by Crippen LogP contribution is 2.08. The first-order chi connectivity index (χ1) is 9.22. The molecule has 1 rings (SSSR count). The van der Waals surface area contributed by atoms with E-state index < -0.39 is 5.97 Å². The van der Waals surface area contributed by atoms with Crippen LogP contribution < -0.4 is 0 Å². The van der Waals surface area contributed by atoms with Crippen LogP contribution in [0.5, 0.6) is 0 Å². The predicted molar refractivity (Wildman–Crippen MR) is 73.9 cm³/mol. The van der Waals surface area contributed by atoms with Crippen molar-refractivity contribution >= 4 is 12.0 Å². The van der Waals surface area contributed by atoms with E-state index in [1.165, 1.54) is 0 Å². The smallest absolute Gasteiger partial charge is 0.328 e. The number of hydrogen-bond acceptors (Lipinski definition) is 3. The Morgan fingerprint density at radius 3 is 2.79 bits per heavy atom. The maximum Gasteiger partial charge on any atom is 0.328 e. The monoisotopic (exact) mass is 264 g/mol. The van der Waals surface area contributed by atoms with E-state index in [4.69, 9.17) is 14.6 Å². The SMILES string of the molecule is CCCOCCOCc1cccc(C=CC(=O)O)c1. The Kier molecular flexibility index (Phi) is 7.54. The minimum Gasteiger partial charge on any atom is -0.478 e. The average molecular weight is 264 g/mol. The topological polar surface area (TPSA) is 55.8 Å². The summed E-state index contributed by atoms with van der Waals surface area (Å²) in [5, 5.41) is 8.56. The highest BCUT2D eigenvalue weighted by molar-refractivity contribution is 5.85. The van der Waals surface area contributed by atoms with Gasteiger partial charge in [0, 0.05) is 12.7 Å². The van der Waals surface area contributed by atoms with Gasteiger partial charge in [0.25, 0.3) is 0 Å². The molecule has 0 unspecified atom stereocenters. The molecule has 0 atom stereocenters. The van der Waals surface area contributed by atoms with Crippen LogP contribution in [0, 0.1) is 0 Å². The predicted octanol–water partition coefficient (Wildman–Crippen LogP) is 2.73. The molecule has 0 bridgehead atoms. The largest absolute Gasteiger partial charge is 0.478 e. The summed E-state index contributed by atoms with van der Waals surface area (Å²) in [6.07, 6.45) is 3.70. The number of ether oxygens (including phenoxy) is 2. The minimum atomic E-state index is -0.949. The number of benzene rings is 1. The normalized spacial score (nSPS) is 11.0. The molecule has 0 saturated carbocycles. The number of hydrogen-bond donors (Lipinski definition) is 1. The van der Waals surface area contributed by atoms with Crippen LogP contribution in [0.15, 0.2) is 30.3 Å². The molecule has 0 heterocycles. The van der Waals surface area contributed by atoms with Gasteiger partial charge in [-0.25, -0.2) is 4.79 Å². The molecule has 4 nitrogen and oxygen atoms in total. The van der Waals surface area contributed by atoms with Gasteiger partial charge in [-0.3, -0.25) is 0 Å². The first-order valence-corrected chi connectivity index (χ1v) is 6.38. The second-order valence-corrected chi connectivity index (χ2v) is 4.08. The summed E-state index contributed by atoms with van der Waals surface area (Å²) in [7, 11) is 0. The van der Waals surface area contributed by atoms with E-state index in [2.05, 4.69) is 6.92 Å². The van der Waals surface area contributed by atoms with Gasteiger partial charge >= 0.3 is 5.97 Å². The standard InChI is InChI=1S/C15H20O4/c1-2-8-18-9-10-19-12-14-5-3-4-13(11-14)6-7-15(16)17/h3-7,11H,2,8-10,12H2,1H3,(H,16,17). The van der Waals surface area contributed by atoms with Gasteiger partial charge in [-0.2, -0.15) is 0 Å². The van der Waals surface area contributed by atoms with E-state index in [0.29, 0.717) is 19.8 Å². The summed E-state index contributed by atoms with van der Waals surface area (Å²) in [6, 6.07) is 7.60.